The van der Waals surface area contributed by atoms with Crippen molar-refractivity contribution in [2.24, 2.45) is 0 Å². The highest BCUT2D eigenvalue weighted by Crippen LogP contribution is 2.26. The Balaban J connectivity index is 2.15. The van der Waals surface area contributed by atoms with E-state index in [1.807, 2.05) is 0 Å². The van der Waals surface area contributed by atoms with Gasteiger partial charge in [-0.1, -0.05) is 33.7 Å². The Morgan fingerprint density at radius 3 is 2.31 bits per heavy atom. The molecule has 1 N–H and O–H groups in total. The molecule has 9 heteroatoms. The fourth-order valence-electron chi connectivity index (χ4n) is 2.24. The van der Waals surface area contributed by atoms with Crippen LogP contribution in [-0.2, 0) is 14.9 Å². The molecule has 1 atom stereocenters. The van der Waals surface area contributed by atoms with Crippen LogP contribution in [0.1, 0.15) is 28.9 Å². The number of carbonyl (C=O) groups is 1. The third kappa shape index (κ3) is 4.55. The number of benzene rings is 2. The molecule has 0 saturated carbocycles. The predicted octanol–water partition coefficient (Wildman–Crippen LogP) is 3.67. The van der Waals surface area contributed by atoms with Crippen molar-refractivity contribution in [1.29, 1.82) is 0 Å². The number of hydrogen-bond acceptors (Lipinski definition) is 4. The van der Waals surface area contributed by atoms with Crippen molar-refractivity contribution in [3.63, 3.8) is 0 Å². The van der Waals surface area contributed by atoms with E-state index in [1.54, 1.807) is 25.1 Å². The molecule has 0 heterocycles. The third-order valence-electron chi connectivity index (χ3n) is 3.79. The number of nitrogens with one attached hydrogen (secondary N) is 1. The van der Waals surface area contributed by atoms with Gasteiger partial charge in [0, 0.05) is 22.7 Å². The van der Waals surface area contributed by atoms with Crippen LogP contribution in [0, 0.1) is 0 Å². The van der Waals surface area contributed by atoms with Gasteiger partial charge >= 0.3 is 0 Å². The van der Waals surface area contributed by atoms with E-state index in [0.717, 1.165) is 10.0 Å². The van der Waals surface area contributed by atoms with Crippen molar-refractivity contribution in [3.05, 3.63) is 63.6 Å². The van der Waals surface area contributed by atoms with Crippen LogP contribution in [0.2, 0.25) is 10.0 Å². The summed E-state index contributed by atoms with van der Waals surface area (Å²) in [4.78, 5) is 17.1. The first-order valence-electron chi connectivity index (χ1n) is 7.55. The highest BCUT2D eigenvalue weighted by atomic mass is 35.5. The summed E-state index contributed by atoms with van der Waals surface area (Å²) in [6.07, 6.45) is 0. The Kier molecular flexibility index (Phi) is 6.65. The van der Waals surface area contributed by atoms with Gasteiger partial charge in [-0.3, -0.25) is 9.63 Å². The molecule has 0 spiro atoms. The van der Waals surface area contributed by atoms with Gasteiger partial charge in [0.15, 0.2) is 0 Å². The SMILES string of the molecule is CON(C)S(=O)(=O)c1ccc(C(=O)N[C@@H](C)c2ccc(Cl)cc2Cl)cc1. The number of nitrogens with zero attached hydrogens (tertiary/aromatic N) is 1. The molecule has 0 unspecified atom stereocenters. The summed E-state index contributed by atoms with van der Waals surface area (Å²) in [7, 11) is -1.22. The first-order valence-corrected chi connectivity index (χ1v) is 9.75. The Morgan fingerprint density at radius 2 is 1.77 bits per heavy atom. The molecule has 2 aromatic rings. The first kappa shape index (κ1) is 20.7. The van der Waals surface area contributed by atoms with Crippen molar-refractivity contribution in [3.8, 4) is 0 Å². The molecule has 6 nitrogen and oxygen atoms in total. The van der Waals surface area contributed by atoms with Gasteiger partial charge < -0.3 is 5.32 Å². The van der Waals surface area contributed by atoms with E-state index in [4.69, 9.17) is 28.0 Å². The lowest BCUT2D eigenvalue weighted by molar-refractivity contribution is -0.0258. The first-order chi connectivity index (χ1) is 12.2. The summed E-state index contributed by atoms with van der Waals surface area (Å²) in [5.74, 6) is -0.354. The van der Waals surface area contributed by atoms with E-state index in [0.29, 0.717) is 15.6 Å². The molecule has 0 bridgehead atoms. The minimum atomic E-state index is -3.76. The van der Waals surface area contributed by atoms with Crippen molar-refractivity contribution in [1.82, 2.24) is 9.79 Å². The zero-order valence-electron chi connectivity index (χ0n) is 14.4. The van der Waals surface area contributed by atoms with E-state index in [9.17, 15) is 13.2 Å². The van der Waals surface area contributed by atoms with Gasteiger partial charge in [0.2, 0.25) is 0 Å². The number of sulfonamides is 1. The molecular formula is C17H18Cl2N2O4S. The number of carbonyl (C=O) groups excluding carboxylic acids is 1. The van der Waals surface area contributed by atoms with Gasteiger partial charge in [-0.25, -0.2) is 8.42 Å². The van der Waals surface area contributed by atoms with E-state index in [1.165, 1.54) is 38.4 Å². The smallest absolute Gasteiger partial charge is 0.264 e. The molecular weight excluding hydrogens is 399 g/mol. The van der Waals surface area contributed by atoms with Crippen molar-refractivity contribution in [2.45, 2.75) is 17.9 Å². The number of halogens is 2. The van der Waals surface area contributed by atoms with Crippen LogP contribution in [0.15, 0.2) is 47.4 Å². The van der Waals surface area contributed by atoms with E-state index < -0.39 is 10.0 Å². The molecule has 0 radical (unpaired) electrons. The fourth-order valence-corrected chi connectivity index (χ4v) is 3.78. The van der Waals surface area contributed by atoms with Crippen molar-refractivity contribution in [2.75, 3.05) is 14.2 Å². The quantitative estimate of drug-likeness (QED) is 0.728. The van der Waals surface area contributed by atoms with Crippen LogP contribution < -0.4 is 5.32 Å². The minimum Gasteiger partial charge on any atom is -0.345 e. The number of amides is 1. The second-order valence-electron chi connectivity index (χ2n) is 5.48. The average Bonchev–Trinajstić information content (AvgIpc) is 2.60. The molecule has 0 aliphatic heterocycles. The van der Waals surface area contributed by atoms with Crippen LogP contribution in [0.5, 0.6) is 0 Å². The zero-order chi connectivity index (χ0) is 19.5. The van der Waals surface area contributed by atoms with Gasteiger partial charge in [-0.05, 0) is 48.9 Å². The van der Waals surface area contributed by atoms with Crippen LogP contribution in [-0.4, -0.2) is 33.0 Å². The average molecular weight is 417 g/mol. The molecule has 2 aromatic carbocycles. The number of hydrogen-bond donors (Lipinski definition) is 1. The summed E-state index contributed by atoms with van der Waals surface area (Å²) in [5.41, 5.74) is 1.05. The van der Waals surface area contributed by atoms with Crippen LogP contribution in [0.25, 0.3) is 0 Å². The number of rotatable bonds is 6. The lowest BCUT2D eigenvalue weighted by Gasteiger charge is -2.17. The standard InChI is InChI=1S/C17H18Cl2N2O4S/c1-11(15-9-6-13(18)10-16(15)19)20-17(22)12-4-7-14(8-5-12)26(23,24)21(2)25-3/h4-11H,1-3H3,(H,20,22)/t11-/m0/s1. The Morgan fingerprint density at radius 1 is 1.15 bits per heavy atom. The minimum absolute atomic E-state index is 0.0206. The van der Waals surface area contributed by atoms with Gasteiger partial charge in [-0.15, -0.1) is 0 Å². The molecule has 26 heavy (non-hydrogen) atoms. The summed E-state index contributed by atoms with van der Waals surface area (Å²) in [6.45, 7) is 1.79. The van der Waals surface area contributed by atoms with Crippen molar-refractivity contribution < 1.29 is 18.0 Å². The molecule has 0 aliphatic carbocycles. The molecule has 140 valence electrons. The molecule has 0 aliphatic rings. The summed E-state index contributed by atoms with van der Waals surface area (Å²) >= 11 is 12.0. The molecule has 2 rings (SSSR count). The normalized spacial score (nSPS) is 12.8. The Bertz CT molecular complexity index is 901. The maximum atomic E-state index is 12.4. The second kappa shape index (κ2) is 8.37. The molecule has 1 amide bonds. The van der Waals surface area contributed by atoms with E-state index >= 15 is 0 Å². The monoisotopic (exact) mass is 416 g/mol. The Hall–Kier alpha value is -1.64. The zero-order valence-corrected chi connectivity index (χ0v) is 16.7. The highest BCUT2D eigenvalue weighted by Gasteiger charge is 2.21. The summed E-state index contributed by atoms with van der Waals surface area (Å²) in [6, 6.07) is 10.2. The van der Waals surface area contributed by atoms with Crippen LogP contribution in [0.3, 0.4) is 0 Å². The lowest BCUT2D eigenvalue weighted by Crippen LogP contribution is -2.27. The summed E-state index contributed by atoms with van der Waals surface area (Å²) in [5, 5.41) is 3.78. The van der Waals surface area contributed by atoms with Crippen LogP contribution >= 0.6 is 23.2 Å². The van der Waals surface area contributed by atoms with E-state index in [-0.39, 0.29) is 16.8 Å². The second-order valence-corrected chi connectivity index (χ2v) is 8.26. The maximum Gasteiger partial charge on any atom is 0.264 e. The summed E-state index contributed by atoms with van der Waals surface area (Å²) < 4.78 is 25.0. The number of hydroxylamine groups is 1. The molecule has 0 fully saturated rings. The predicted molar refractivity (Wildman–Crippen MR) is 101 cm³/mol. The highest BCUT2D eigenvalue weighted by molar-refractivity contribution is 7.89. The molecule has 0 saturated heterocycles. The van der Waals surface area contributed by atoms with Gasteiger partial charge in [0.1, 0.15) is 0 Å². The molecule has 0 aromatic heterocycles. The fraction of sp³-hybridized carbons (Fsp3) is 0.235. The Labute approximate surface area is 162 Å². The lowest BCUT2D eigenvalue weighted by atomic mass is 10.1. The van der Waals surface area contributed by atoms with Gasteiger partial charge in [0.25, 0.3) is 15.9 Å². The largest absolute Gasteiger partial charge is 0.345 e. The maximum absolute atomic E-state index is 12.4. The van der Waals surface area contributed by atoms with Gasteiger partial charge in [0.05, 0.1) is 18.0 Å². The van der Waals surface area contributed by atoms with E-state index in [2.05, 4.69) is 5.32 Å². The van der Waals surface area contributed by atoms with Crippen LogP contribution in [0.4, 0.5) is 0 Å². The third-order valence-corrected chi connectivity index (χ3v) is 6.04. The van der Waals surface area contributed by atoms with Crippen molar-refractivity contribution >= 4 is 39.1 Å². The topological polar surface area (TPSA) is 75.7 Å². The van der Waals surface area contributed by atoms with Gasteiger partial charge in [-0.2, -0.15) is 0 Å².